The van der Waals surface area contributed by atoms with Crippen molar-refractivity contribution in [1.82, 2.24) is 19.9 Å². The van der Waals surface area contributed by atoms with Crippen LogP contribution >= 0.6 is 0 Å². The topological polar surface area (TPSA) is 58.0 Å². The zero-order valence-corrected chi connectivity index (χ0v) is 47.6. The lowest BCUT2D eigenvalue weighted by atomic mass is 9.91. The number of fused-ring (bicyclic) bond motifs is 6. The highest BCUT2D eigenvalue weighted by molar-refractivity contribution is 6.15. The van der Waals surface area contributed by atoms with E-state index >= 15 is 0 Å². The monoisotopic (exact) mass is 1100 g/mol. The first-order valence-electron chi connectivity index (χ1n) is 29.2. The van der Waals surface area contributed by atoms with Crippen molar-refractivity contribution in [3.05, 3.63) is 314 Å². The summed E-state index contributed by atoms with van der Waals surface area (Å²) in [5.41, 5.74) is 22.0. The predicted octanol–water partition coefficient (Wildman–Crippen LogP) is 21.4. The van der Waals surface area contributed by atoms with E-state index in [9.17, 15) is 0 Å². The normalized spacial score (nSPS) is 11.4. The highest BCUT2D eigenvalue weighted by Gasteiger charge is 2.24. The van der Waals surface area contributed by atoms with E-state index in [1.54, 1.807) is 0 Å². The van der Waals surface area contributed by atoms with Gasteiger partial charge in [0, 0.05) is 55.4 Å². The minimum Gasteiger partial charge on any atom is -0.295 e. The number of hydrogen-bond acceptors (Lipinski definition) is 6. The van der Waals surface area contributed by atoms with Crippen molar-refractivity contribution in [2.24, 2.45) is 0 Å². The van der Waals surface area contributed by atoms with Gasteiger partial charge in [0.1, 0.15) is 11.6 Å². The summed E-state index contributed by atoms with van der Waals surface area (Å²) in [6, 6.07) is 107. The van der Waals surface area contributed by atoms with Crippen LogP contribution in [-0.4, -0.2) is 19.9 Å². The second-order valence-electron chi connectivity index (χ2n) is 21.8. The summed E-state index contributed by atoms with van der Waals surface area (Å²) in [7, 11) is 0. The number of rotatable bonds is 12. The Morgan fingerprint density at radius 3 is 0.721 bits per heavy atom. The molecule has 0 aliphatic carbocycles. The minimum absolute atomic E-state index is 0.795. The number of nitrogens with zero attached hydrogens (tertiary/aromatic N) is 6. The second kappa shape index (κ2) is 22.1. The predicted molar refractivity (Wildman–Crippen MR) is 359 cm³/mol. The van der Waals surface area contributed by atoms with Gasteiger partial charge in [0.05, 0.1) is 33.5 Å². The molecule has 406 valence electrons. The first-order valence-corrected chi connectivity index (χ1v) is 29.2. The van der Waals surface area contributed by atoms with Gasteiger partial charge in [-0.1, -0.05) is 218 Å². The first kappa shape index (κ1) is 51.5. The number of benzene rings is 11. The quantitative estimate of drug-likeness (QED) is 0.114. The van der Waals surface area contributed by atoms with Gasteiger partial charge in [-0.15, -0.1) is 0 Å². The molecule has 15 rings (SSSR count). The van der Waals surface area contributed by atoms with Crippen LogP contribution in [0.4, 0.5) is 34.4 Å². The van der Waals surface area contributed by atoms with Crippen molar-refractivity contribution in [2.45, 2.75) is 13.8 Å². The molecule has 0 aliphatic rings. The van der Waals surface area contributed by atoms with Gasteiger partial charge in [-0.05, 0) is 154 Å². The highest BCUT2D eigenvalue weighted by atomic mass is 15.2. The largest absolute Gasteiger partial charge is 0.295 e. The van der Waals surface area contributed by atoms with Crippen molar-refractivity contribution in [3.63, 3.8) is 0 Å². The van der Waals surface area contributed by atoms with Crippen LogP contribution < -0.4 is 9.80 Å². The Bertz CT molecular complexity index is 4570. The maximum atomic E-state index is 5.76. The molecule has 86 heavy (non-hydrogen) atoms. The Morgan fingerprint density at radius 1 is 0.221 bits per heavy atom. The molecule has 0 saturated heterocycles. The molecule has 4 aromatic heterocycles. The molecule has 0 bridgehead atoms. The van der Waals surface area contributed by atoms with Crippen molar-refractivity contribution in [3.8, 4) is 67.0 Å². The Morgan fingerprint density at radius 2 is 0.453 bits per heavy atom. The van der Waals surface area contributed by atoms with E-state index < -0.39 is 0 Å². The zero-order valence-electron chi connectivity index (χ0n) is 47.6. The van der Waals surface area contributed by atoms with Crippen molar-refractivity contribution in [2.75, 3.05) is 9.80 Å². The van der Waals surface area contributed by atoms with Crippen molar-refractivity contribution >= 4 is 78.0 Å². The molecule has 0 unspecified atom stereocenters. The Kier molecular flexibility index (Phi) is 13.2. The lowest BCUT2D eigenvalue weighted by molar-refractivity contribution is 1.21. The third-order valence-corrected chi connectivity index (χ3v) is 16.5. The van der Waals surface area contributed by atoms with E-state index in [2.05, 4.69) is 327 Å². The molecule has 6 nitrogen and oxygen atoms in total. The number of aryl methyl sites for hydroxylation is 2. The number of aromatic nitrogens is 4. The van der Waals surface area contributed by atoms with Crippen LogP contribution in [0.2, 0.25) is 0 Å². The van der Waals surface area contributed by atoms with Crippen LogP contribution in [0.1, 0.15) is 11.1 Å². The molecule has 0 atom stereocenters. The lowest BCUT2D eigenvalue weighted by Crippen LogP contribution is -2.12. The summed E-state index contributed by atoms with van der Waals surface area (Å²) in [5.74, 6) is 1.59. The molecule has 6 heteroatoms. The Labute approximate surface area is 500 Å². The molecule has 15 aromatic rings. The highest BCUT2D eigenvalue weighted by Crippen LogP contribution is 2.46. The van der Waals surface area contributed by atoms with Crippen LogP contribution in [0.5, 0.6) is 0 Å². The van der Waals surface area contributed by atoms with E-state index in [-0.39, 0.29) is 0 Å². The molecule has 4 heterocycles. The second-order valence-corrected chi connectivity index (χ2v) is 21.8. The van der Waals surface area contributed by atoms with E-state index in [1.807, 2.05) is 0 Å². The molecule has 0 N–H and O–H groups in total. The van der Waals surface area contributed by atoms with Crippen LogP contribution in [0.15, 0.2) is 303 Å². The number of hydrogen-bond donors (Lipinski definition) is 0. The van der Waals surface area contributed by atoms with Gasteiger partial charge >= 0.3 is 0 Å². The smallest absolute Gasteiger partial charge is 0.138 e. The number of para-hydroxylation sites is 4. The van der Waals surface area contributed by atoms with Crippen LogP contribution in [-0.2, 0) is 0 Å². The lowest BCUT2D eigenvalue weighted by Gasteiger charge is -2.26. The molecule has 0 radical (unpaired) electrons. The molecular weight excluding hydrogens is 1040 g/mol. The summed E-state index contributed by atoms with van der Waals surface area (Å²) >= 11 is 0. The van der Waals surface area contributed by atoms with Gasteiger partial charge in [0.2, 0.25) is 0 Å². The van der Waals surface area contributed by atoms with Crippen LogP contribution in [0.25, 0.3) is 111 Å². The molecule has 0 aliphatic heterocycles. The van der Waals surface area contributed by atoms with E-state index in [4.69, 9.17) is 19.9 Å². The van der Waals surface area contributed by atoms with Crippen molar-refractivity contribution in [1.29, 1.82) is 0 Å². The van der Waals surface area contributed by atoms with Gasteiger partial charge in [0.25, 0.3) is 0 Å². The number of pyridine rings is 4. The summed E-state index contributed by atoms with van der Waals surface area (Å²) in [4.78, 5) is 27.4. The maximum absolute atomic E-state index is 5.76. The average Bonchev–Trinajstić information content (AvgIpc) is 0.990. The fraction of sp³-hybridized carbons (Fsp3) is 0.0250. The third kappa shape index (κ3) is 9.45. The first-order chi connectivity index (χ1) is 42.5. The molecule has 0 spiro atoms. The fourth-order valence-corrected chi connectivity index (χ4v) is 12.4. The van der Waals surface area contributed by atoms with Gasteiger partial charge < -0.3 is 0 Å². The molecule has 0 saturated carbocycles. The standard InChI is InChI=1S/C80H56N6/c1-53-47-68(74-50-70(56-29-13-4-14-30-56)64-44-46-66-72(58-33-17-6-18-34-58)52-76(84-80(66)78(64)82-74)86(61-39-23-9-24-40-61)62-41-25-10-26-42-62)54(2)48-67(53)73-49-69(55-27-11-3-12-28-55)63-43-45-65-71(57-31-15-5-16-32-57)51-75(83-79(65)77(63)81-73)85(59-35-19-7-20-36-59)60-37-21-8-22-38-60/h3-52H,1-2H3. The fourth-order valence-electron chi connectivity index (χ4n) is 12.4. The summed E-state index contributed by atoms with van der Waals surface area (Å²) in [6.07, 6.45) is 0. The van der Waals surface area contributed by atoms with E-state index in [1.165, 1.54) is 0 Å². The summed E-state index contributed by atoms with van der Waals surface area (Å²) in [6.45, 7) is 4.40. The third-order valence-electron chi connectivity index (χ3n) is 16.5. The molecule has 11 aromatic carbocycles. The zero-order chi connectivity index (χ0) is 57.5. The van der Waals surface area contributed by atoms with Gasteiger partial charge in [-0.2, -0.15) is 0 Å². The van der Waals surface area contributed by atoms with Crippen LogP contribution in [0.3, 0.4) is 0 Å². The summed E-state index contributed by atoms with van der Waals surface area (Å²) in [5, 5.41) is 4.10. The Hall–Kier alpha value is -11.3. The van der Waals surface area contributed by atoms with E-state index in [0.29, 0.717) is 0 Å². The average molecular weight is 1100 g/mol. The maximum Gasteiger partial charge on any atom is 0.138 e. The number of anilines is 6. The summed E-state index contributed by atoms with van der Waals surface area (Å²) < 4.78 is 0. The minimum atomic E-state index is 0.795. The SMILES string of the molecule is Cc1cc(-c2cc(-c3ccccc3)c3ccc4c(-c5ccccc5)cc(N(c5ccccc5)c5ccccc5)nc4c3n2)c(C)cc1-c1cc(-c2ccccc2)c2ccc3c(-c4ccccc4)cc(N(c4ccccc4)c4ccccc4)nc3c2n1. The molecule has 0 fully saturated rings. The molecular formula is C80H56N6. The van der Waals surface area contributed by atoms with Crippen molar-refractivity contribution < 1.29 is 0 Å². The van der Waals surface area contributed by atoms with Crippen LogP contribution in [0, 0.1) is 13.8 Å². The van der Waals surface area contributed by atoms with Gasteiger partial charge in [0.15, 0.2) is 0 Å². The molecule has 0 amide bonds. The van der Waals surface area contributed by atoms with Gasteiger partial charge in [-0.3, -0.25) is 9.80 Å². The Balaban J connectivity index is 0.958. The van der Waals surface area contributed by atoms with Gasteiger partial charge in [-0.25, -0.2) is 19.9 Å². The van der Waals surface area contributed by atoms with E-state index in [0.717, 1.165) is 156 Å².